The summed E-state index contributed by atoms with van der Waals surface area (Å²) in [6.07, 6.45) is 1.16. The maximum atomic E-state index is 13.8. The molecule has 126 valence electrons. The zero-order valence-electron chi connectivity index (χ0n) is 12.5. The number of halogens is 2. The maximum Gasteiger partial charge on any atom is 0.266 e. The SMILES string of the molecule is N#Cc1cnn(-c2ccc(F)cc2)c1NS(=O)(=O)c1ccccc1F. The summed E-state index contributed by atoms with van der Waals surface area (Å²) in [4.78, 5) is -0.564. The van der Waals surface area contributed by atoms with Gasteiger partial charge in [-0.25, -0.2) is 21.9 Å². The van der Waals surface area contributed by atoms with Gasteiger partial charge in [-0.05, 0) is 36.4 Å². The molecule has 1 heterocycles. The molecule has 0 radical (unpaired) electrons. The third-order valence-electron chi connectivity index (χ3n) is 3.32. The second-order valence-corrected chi connectivity index (χ2v) is 6.59. The van der Waals surface area contributed by atoms with Crippen LogP contribution in [0, 0.1) is 23.0 Å². The molecule has 1 aromatic heterocycles. The van der Waals surface area contributed by atoms with Crippen LogP contribution in [0.1, 0.15) is 5.56 Å². The number of hydrogen-bond acceptors (Lipinski definition) is 4. The summed E-state index contributed by atoms with van der Waals surface area (Å²) in [7, 11) is -4.30. The highest BCUT2D eigenvalue weighted by molar-refractivity contribution is 7.92. The Kier molecular flexibility index (Phi) is 4.21. The first-order chi connectivity index (χ1) is 11.9. The van der Waals surface area contributed by atoms with Crippen LogP contribution in [-0.4, -0.2) is 18.2 Å². The van der Waals surface area contributed by atoms with Crippen molar-refractivity contribution in [3.63, 3.8) is 0 Å². The Labute approximate surface area is 142 Å². The van der Waals surface area contributed by atoms with E-state index in [1.807, 2.05) is 6.07 Å². The van der Waals surface area contributed by atoms with Crippen molar-refractivity contribution >= 4 is 15.8 Å². The number of nitriles is 1. The molecular formula is C16H10F2N4O2S. The van der Waals surface area contributed by atoms with E-state index in [0.717, 1.165) is 35.1 Å². The van der Waals surface area contributed by atoms with E-state index in [1.165, 1.54) is 24.3 Å². The van der Waals surface area contributed by atoms with Crippen LogP contribution in [0.3, 0.4) is 0 Å². The molecule has 0 atom stereocenters. The van der Waals surface area contributed by atoms with Crippen molar-refractivity contribution in [2.75, 3.05) is 4.72 Å². The first-order valence-electron chi connectivity index (χ1n) is 6.94. The second kappa shape index (κ2) is 6.33. The smallest absolute Gasteiger partial charge is 0.262 e. The molecule has 0 aliphatic carbocycles. The minimum atomic E-state index is -4.30. The highest BCUT2D eigenvalue weighted by atomic mass is 32.2. The van der Waals surface area contributed by atoms with Gasteiger partial charge in [0, 0.05) is 0 Å². The molecule has 3 aromatic rings. The van der Waals surface area contributed by atoms with Gasteiger partial charge in [-0.3, -0.25) is 4.72 Å². The van der Waals surface area contributed by atoms with Crippen molar-refractivity contribution in [2.45, 2.75) is 4.90 Å². The van der Waals surface area contributed by atoms with E-state index < -0.39 is 26.6 Å². The zero-order chi connectivity index (χ0) is 18.0. The van der Waals surface area contributed by atoms with Gasteiger partial charge in [-0.2, -0.15) is 10.4 Å². The average molecular weight is 360 g/mol. The predicted octanol–water partition coefficient (Wildman–Crippen LogP) is 2.82. The lowest BCUT2D eigenvalue weighted by atomic mass is 10.3. The molecular weight excluding hydrogens is 350 g/mol. The molecule has 0 saturated carbocycles. The fraction of sp³-hybridized carbons (Fsp3) is 0. The summed E-state index contributed by atoms with van der Waals surface area (Å²) < 4.78 is 55.1. The molecule has 3 rings (SSSR count). The van der Waals surface area contributed by atoms with E-state index >= 15 is 0 Å². The van der Waals surface area contributed by atoms with Crippen LogP contribution in [0.4, 0.5) is 14.6 Å². The van der Waals surface area contributed by atoms with Crippen LogP contribution in [0.2, 0.25) is 0 Å². The monoisotopic (exact) mass is 360 g/mol. The molecule has 1 N–H and O–H groups in total. The third-order valence-corrected chi connectivity index (χ3v) is 4.69. The van der Waals surface area contributed by atoms with Gasteiger partial charge in [0.05, 0.1) is 11.9 Å². The Hall–Kier alpha value is -3.25. The molecule has 6 nitrogen and oxygen atoms in total. The summed E-state index contributed by atoms with van der Waals surface area (Å²) in [5.41, 5.74) is 0.262. The molecule has 0 saturated heterocycles. The van der Waals surface area contributed by atoms with E-state index in [-0.39, 0.29) is 11.4 Å². The number of nitrogens with zero attached hydrogens (tertiary/aromatic N) is 3. The van der Waals surface area contributed by atoms with E-state index in [2.05, 4.69) is 9.82 Å². The summed E-state index contributed by atoms with van der Waals surface area (Å²) >= 11 is 0. The van der Waals surface area contributed by atoms with Gasteiger partial charge in [-0.1, -0.05) is 12.1 Å². The molecule has 0 aliphatic heterocycles. The second-order valence-electron chi connectivity index (χ2n) is 4.94. The topological polar surface area (TPSA) is 87.8 Å². The van der Waals surface area contributed by atoms with Crippen molar-refractivity contribution in [3.8, 4) is 11.8 Å². The largest absolute Gasteiger partial charge is 0.266 e. The molecule has 0 bridgehead atoms. The van der Waals surface area contributed by atoms with Crippen molar-refractivity contribution in [2.24, 2.45) is 0 Å². The Morgan fingerprint density at radius 1 is 1.08 bits per heavy atom. The standard InChI is InChI=1S/C16H10F2N4O2S/c17-12-5-7-13(8-6-12)22-16(11(9-19)10-20-22)21-25(23,24)15-4-2-1-3-14(15)18/h1-8,10,21H. The number of sulfonamides is 1. The lowest BCUT2D eigenvalue weighted by Gasteiger charge is -2.11. The van der Waals surface area contributed by atoms with Crippen LogP contribution in [0.15, 0.2) is 59.6 Å². The highest BCUT2D eigenvalue weighted by Crippen LogP contribution is 2.24. The first kappa shape index (κ1) is 16.6. The lowest BCUT2D eigenvalue weighted by Crippen LogP contribution is -2.18. The van der Waals surface area contributed by atoms with Gasteiger partial charge in [0.1, 0.15) is 28.2 Å². The molecule has 2 aromatic carbocycles. The summed E-state index contributed by atoms with van der Waals surface area (Å²) in [6.45, 7) is 0. The Morgan fingerprint density at radius 3 is 2.40 bits per heavy atom. The van der Waals surface area contributed by atoms with Gasteiger partial charge in [0.15, 0.2) is 5.82 Å². The summed E-state index contributed by atoms with van der Waals surface area (Å²) in [5.74, 6) is -1.58. The molecule has 0 fully saturated rings. The summed E-state index contributed by atoms with van der Waals surface area (Å²) in [6, 6.07) is 11.7. The number of benzene rings is 2. The zero-order valence-corrected chi connectivity index (χ0v) is 13.3. The van der Waals surface area contributed by atoms with Gasteiger partial charge < -0.3 is 0 Å². The average Bonchev–Trinajstić information content (AvgIpc) is 2.97. The molecule has 9 heteroatoms. The fourth-order valence-corrected chi connectivity index (χ4v) is 3.29. The predicted molar refractivity (Wildman–Crippen MR) is 85.4 cm³/mol. The lowest BCUT2D eigenvalue weighted by molar-refractivity contribution is 0.570. The number of anilines is 1. The molecule has 0 spiro atoms. The van der Waals surface area contributed by atoms with Gasteiger partial charge >= 0.3 is 0 Å². The van der Waals surface area contributed by atoms with E-state index in [9.17, 15) is 22.5 Å². The minimum Gasteiger partial charge on any atom is -0.262 e. The molecule has 0 unspecified atom stereocenters. The van der Waals surface area contributed by atoms with Crippen LogP contribution in [0.25, 0.3) is 5.69 Å². The molecule has 25 heavy (non-hydrogen) atoms. The molecule has 0 amide bonds. The van der Waals surface area contributed by atoms with E-state index in [0.29, 0.717) is 5.69 Å². The Balaban J connectivity index is 2.09. The van der Waals surface area contributed by atoms with E-state index in [4.69, 9.17) is 0 Å². The quantitative estimate of drug-likeness (QED) is 0.775. The van der Waals surface area contributed by atoms with Crippen molar-refractivity contribution in [3.05, 3.63) is 71.9 Å². The van der Waals surface area contributed by atoms with Gasteiger partial charge in [-0.15, -0.1) is 0 Å². The van der Waals surface area contributed by atoms with Crippen molar-refractivity contribution in [1.29, 1.82) is 5.26 Å². The van der Waals surface area contributed by atoms with Crippen molar-refractivity contribution in [1.82, 2.24) is 9.78 Å². The van der Waals surface area contributed by atoms with Crippen LogP contribution < -0.4 is 4.72 Å². The number of nitrogens with one attached hydrogen (secondary N) is 1. The summed E-state index contributed by atoms with van der Waals surface area (Å²) in [5, 5.41) is 13.1. The number of rotatable bonds is 4. The fourth-order valence-electron chi connectivity index (χ4n) is 2.15. The Morgan fingerprint density at radius 2 is 1.76 bits per heavy atom. The van der Waals surface area contributed by atoms with Gasteiger partial charge in [0.25, 0.3) is 10.0 Å². The Bertz CT molecular complexity index is 1070. The maximum absolute atomic E-state index is 13.8. The highest BCUT2D eigenvalue weighted by Gasteiger charge is 2.23. The number of hydrogen-bond donors (Lipinski definition) is 1. The van der Waals surface area contributed by atoms with Gasteiger partial charge in [0.2, 0.25) is 0 Å². The van der Waals surface area contributed by atoms with Crippen LogP contribution in [-0.2, 0) is 10.0 Å². The third kappa shape index (κ3) is 3.20. The first-order valence-corrected chi connectivity index (χ1v) is 8.42. The van der Waals surface area contributed by atoms with Crippen LogP contribution in [0.5, 0.6) is 0 Å². The molecule has 0 aliphatic rings. The van der Waals surface area contributed by atoms with E-state index in [1.54, 1.807) is 0 Å². The normalized spacial score (nSPS) is 11.1. The number of aromatic nitrogens is 2. The minimum absolute atomic E-state index is 0.0655. The van der Waals surface area contributed by atoms with Crippen molar-refractivity contribution < 1.29 is 17.2 Å². The van der Waals surface area contributed by atoms with Crippen LogP contribution >= 0.6 is 0 Å².